The molecular formula is C9H17F3N2O2. The first kappa shape index (κ1) is 13.7. The van der Waals surface area contributed by atoms with Gasteiger partial charge in [-0.25, -0.2) is 0 Å². The van der Waals surface area contributed by atoms with E-state index in [2.05, 4.69) is 0 Å². The summed E-state index contributed by atoms with van der Waals surface area (Å²) in [5.41, 5.74) is 5.20. The highest BCUT2D eigenvalue weighted by atomic mass is 19.4. The van der Waals surface area contributed by atoms with Gasteiger partial charge >= 0.3 is 6.18 Å². The Hall–Kier alpha value is -0.370. The average Bonchev–Trinajstić information content (AvgIpc) is 2.24. The van der Waals surface area contributed by atoms with E-state index in [1.165, 1.54) is 4.90 Å². The predicted octanol–water partition coefficient (Wildman–Crippen LogP) is -0.0408. The fourth-order valence-electron chi connectivity index (χ4n) is 1.91. The van der Waals surface area contributed by atoms with Crippen molar-refractivity contribution in [2.75, 3.05) is 32.9 Å². The first-order chi connectivity index (χ1) is 7.50. The van der Waals surface area contributed by atoms with Crippen LogP contribution in [0.4, 0.5) is 13.2 Å². The van der Waals surface area contributed by atoms with E-state index in [1.54, 1.807) is 0 Å². The summed E-state index contributed by atoms with van der Waals surface area (Å²) in [4.78, 5) is 1.25. The van der Waals surface area contributed by atoms with Gasteiger partial charge in [-0.1, -0.05) is 0 Å². The van der Waals surface area contributed by atoms with E-state index in [4.69, 9.17) is 15.6 Å². The largest absolute Gasteiger partial charge is 0.404 e. The Bertz CT molecular complexity index is 213. The molecule has 1 fully saturated rings. The summed E-state index contributed by atoms with van der Waals surface area (Å²) in [6.45, 7) is 0.202. The number of hydrogen-bond donors (Lipinski definition) is 2. The Morgan fingerprint density at radius 2 is 2.19 bits per heavy atom. The molecule has 0 aliphatic carbocycles. The maximum absolute atomic E-state index is 12.8. The molecule has 4 nitrogen and oxygen atoms in total. The van der Waals surface area contributed by atoms with Crippen LogP contribution in [0.5, 0.6) is 0 Å². The van der Waals surface area contributed by atoms with Gasteiger partial charge in [-0.15, -0.1) is 0 Å². The van der Waals surface area contributed by atoms with Gasteiger partial charge in [-0.3, -0.25) is 4.90 Å². The highest BCUT2D eigenvalue weighted by Gasteiger charge is 2.45. The number of aliphatic hydroxyl groups is 1. The lowest BCUT2D eigenvalue weighted by atomic mass is 10.1. The Morgan fingerprint density at radius 1 is 1.50 bits per heavy atom. The van der Waals surface area contributed by atoms with Crippen molar-refractivity contribution < 1.29 is 23.0 Å². The van der Waals surface area contributed by atoms with E-state index >= 15 is 0 Å². The summed E-state index contributed by atoms with van der Waals surface area (Å²) in [5.74, 6) is 0. The molecule has 0 aromatic heterocycles. The van der Waals surface area contributed by atoms with E-state index in [0.29, 0.717) is 0 Å². The number of alkyl halides is 3. The van der Waals surface area contributed by atoms with Crippen molar-refractivity contribution in [2.45, 2.75) is 24.7 Å². The Kier molecular flexibility index (Phi) is 4.97. The third-order valence-electron chi connectivity index (χ3n) is 2.70. The quantitative estimate of drug-likeness (QED) is 0.726. The lowest BCUT2D eigenvalue weighted by molar-refractivity contribution is -0.204. The van der Waals surface area contributed by atoms with Gasteiger partial charge in [0.2, 0.25) is 0 Å². The molecule has 2 unspecified atom stereocenters. The second-order valence-corrected chi connectivity index (χ2v) is 3.78. The number of rotatable bonds is 4. The van der Waals surface area contributed by atoms with Crippen LogP contribution in [0, 0.1) is 0 Å². The molecule has 1 aliphatic heterocycles. The van der Waals surface area contributed by atoms with E-state index in [-0.39, 0.29) is 39.3 Å². The van der Waals surface area contributed by atoms with Crippen LogP contribution >= 0.6 is 0 Å². The zero-order chi connectivity index (χ0) is 12.2. The van der Waals surface area contributed by atoms with Crippen molar-refractivity contribution in [3.8, 4) is 0 Å². The summed E-state index contributed by atoms with van der Waals surface area (Å²) in [6.07, 6.45) is -4.47. The molecule has 1 saturated heterocycles. The molecule has 96 valence electrons. The van der Waals surface area contributed by atoms with Gasteiger partial charge in [-0.05, 0) is 13.0 Å². The molecule has 1 aliphatic rings. The highest BCUT2D eigenvalue weighted by Crippen LogP contribution is 2.29. The highest BCUT2D eigenvalue weighted by molar-refractivity contribution is 4.86. The van der Waals surface area contributed by atoms with Crippen LogP contribution in [0.25, 0.3) is 0 Å². The van der Waals surface area contributed by atoms with Crippen LogP contribution in [0.3, 0.4) is 0 Å². The molecule has 0 amide bonds. The molecule has 0 aromatic rings. The van der Waals surface area contributed by atoms with Gasteiger partial charge in [0.25, 0.3) is 0 Å². The normalized spacial score (nSPS) is 25.7. The lowest BCUT2D eigenvalue weighted by Crippen LogP contribution is -2.57. The van der Waals surface area contributed by atoms with E-state index in [1.807, 2.05) is 0 Å². The number of ether oxygens (including phenoxy) is 1. The Morgan fingerprint density at radius 3 is 2.69 bits per heavy atom. The Balaban J connectivity index is 2.74. The minimum absolute atomic E-state index is 0.0281. The third-order valence-corrected chi connectivity index (χ3v) is 2.70. The number of nitrogens with two attached hydrogens (primary N) is 1. The van der Waals surface area contributed by atoms with Crippen molar-refractivity contribution in [1.82, 2.24) is 4.90 Å². The van der Waals surface area contributed by atoms with Crippen molar-refractivity contribution in [2.24, 2.45) is 5.73 Å². The summed E-state index contributed by atoms with van der Waals surface area (Å²) in [7, 11) is 0. The molecule has 0 bridgehead atoms. The summed E-state index contributed by atoms with van der Waals surface area (Å²) < 4.78 is 43.4. The zero-order valence-electron chi connectivity index (χ0n) is 8.91. The van der Waals surface area contributed by atoms with Crippen molar-refractivity contribution >= 4 is 0 Å². The number of morpholine rings is 1. The van der Waals surface area contributed by atoms with E-state index < -0.39 is 18.3 Å². The smallest absolute Gasteiger partial charge is 0.395 e. The van der Waals surface area contributed by atoms with E-state index in [9.17, 15) is 13.2 Å². The summed E-state index contributed by atoms with van der Waals surface area (Å²) >= 11 is 0. The van der Waals surface area contributed by atoms with Crippen LogP contribution in [0.1, 0.15) is 6.42 Å². The third kappa shape index (κ3) is 3.31. The predicted molar refractivity (Wildman–Crippen MR) is 51.9 cm³/mol. The molecule has 0 radical (unpaired) electrons. The lowest BCUT2D eigenvalue weighted by Gasteiger charge is -2.40. The molecule has 0 aromatic carbocycles. The van der Waals surface area contributed by atoms with Crippen LogP contribution in [0.2, 0.25) is 0 Å². The Labute approximate surface area is 92.2 Å². The summed E-state index contributed by atoms with van der Waals surface area (Å²) in [5, 5.41) is 9.02. The minimum Gasteiger partial charge on any atom is -0.395 e. The molecule has 7 heteroatoms. The number of nitrogens with zero attached hydrogens (tertiary/aromatic N) is 1. The van der Waals surface area contributed by atoms with Crippen LogP contribution < -0.4 is 5.73 Å². The number of aliphatic hydroxyl groups excluding tert-OH is 1. The second-order valence-electron chi connectivity index (χ2n) is 3.78. The number of halogens is 3. The van der Waals surface area contributed by atoms with Crippen LogP contribution in [0.15, 0.2) is 0 Å². The van der Waals surface area contributed by atoms with Gasteiger partial charge in [0.15, 0.2) is 0 Å². The van der Waals surface area contributed by atoms with Gasteiger partial charge < -0.3 is 15.6 Å². The zero-order valence-corrected chi connectivity index (χ0v) is 8.91. The standard InChI is InChI=1S/C9H17F3N2O2/c10-9(11,12)8(1-2-13)14-3-4-16-6-7(14)5-15/h7-8,15H,1-6,13H2. The molecule has 0 saturated carbocycles. The number of hydrogen-bond acceptors (Lipinski definition) is 4. The monoisotopic (exact) mass is 242 g/mol. The van der Waals surface area contributed by atoms with Crippen molar-refractivity contribution in [3.05, 3.63) is 0 Å². The maximum atomic E-state index is 12.8. The van der Waals surface area contributed by atoms with Gasteiger partial charge in [0.1, 0.15) is 6.04 Å². The average molecular weight is 242 g/mol. The molecule has 0 spiro atoms. The molecule has 16 heavy (non-hydrogen) atoms. The first-order valence-electron chi connectivity index (χ1n) is 5.21. The first-order valence-corrected chi connectivity index (χ1v) is 5.21. The van der Waals surface area contributed by atoms with Crippen molar-refractivity contribution in [1.29, 1.82) is 0 Å². The SMILES string of the molecule is NCCC(N1CCOCC1CO)C(F)(F)F. The molecule has 2 atom stereocenters. The molecule has 3 N–H and O–H groups in total. The van der Waals surface area contributed by atoms with E-state index in [0.717, 1.165) is 0 Å². The maximum Gasteiger partial charge on any atom is 0.404 e. The molecule has 1 heterocycles. The molecule has 1 rings (SSSR count). The summed E-state index contributed by atoms with van der Waals surface area (Å²) in [6, 6.07) is -2.18. The van der Waals surface area contributed by atoms with Gasteiger partial charge in [0.05, 0.1) is 25.9 Å². The van der Waals surface area contributed by atoms with Crippen LogP contribution in [-0.4, -0.2) is 61.2 Å². The van der Waals surface area contributed by atoms with Crippen LogP contribution in [-0.2, 0) is 4.74 Å². The second kappa shape index (κ2) is 5.81. The van der Waals surface area contributed by atoms with Gasteiger partial charge in [0, 0.05) is 6.54 Å². The fourth-order valence-corrected chi connectivity index (χ4v) is 1.91. The molecular weight excluding hydrogens is 225 g/mol. The fraction of sp³-hybridized carbons (Fsp3) is 1.00. The minimum atomic E-state index is -4.32. The van der Waals surface area contributed by atoms with Gasteiger partial charge in [-0.2, -0.15) is 13.2 Å². The van der Waals surface area contributed by atoms with Crippen molar-refractivity contribution in [3.63, 3.8) is 0 Å². The topological polar surface area (TPSA) is 58.7 Å².